The summed E-state index contributed by atoms with van der Waals surface area (Å²) >= 11 is 0. The number of nitrogen functional groups attached to an aromatic ring is 1. The van der Waals surface area contributed by atoms with E-state index in [1.54, 1.807) is 18.2 Å². The Bertz CT molecular complexity index is 742. The number of alkyl carbamates (subject to hydrolysis) is 1. The van der Waals surface area contributed by atoms with Crippen molar-refractivity contribution in [3.05, 3.63) is 71.3 Å². The Morgan fingerprint density at radius 2 is 1.92 bits per heavy atom. The van der Waals surface area contributed by atoms with Gasteiger partial charge in [-0.2, -0.15) is 0 Å². The lowest BCUT2D eigenvalue weighted by molar-refractivity contribution is 0.0697. The van der Waals surface area contributed by atoms with E-state index in [-0.39, 0.29) is 18.7 Å². The van der Waals surface area contributed by atoms with E-state index < -0.39 is 12.1 Å². The van der Waals surface area contributed by atoms with Gasteiger partial charge < -0.3 is 20.9 Å². The number of aromatic carboxylic acids is 1. The summed E-state index contributed by atoms with van der Waals surface area (Å²) < 4.78 is 5.07. The Kier molecular flexibility index (Phi) is 5.96. The quantitative estimate of drug-likeness (QED) is 0.708. The number of hydrogen-bond donors (Lipinski definition) is 3. The van der Waals surface area contributed by atoms with Crippen LogP contribution in [0.2, 0.25) is 0 Å². The van der Waals surface area contributed by atoms with Gasteiger partial charge in [0.1, 0.15) is 6.61 Å². The number of benzene rings is 2. The molecule has 6 nitrogen and oxygen atoms in total. The standard InChI is InChI=1S/C18H18N2O4/c19-16-11-15(17(21)22)9-8-14(16)7-4-10-20-18(23)24-12-13-5-2-1-3-6-13/h1-9,11H,10,12,19H2,(H,20,23)(H,21,22). The van der Waals surface area contributed by atoms with Gasteiger partial charge in [-0.25, -0.2) is 9.59 Å². The lowest BCUT2D eigenvalue weighted by Gasteiger charge is -2.05. The number of anilines is 1. The predicted octanol–water partition coefficient (Wildman–Crippen LogP) is 2.91. The van der Waals surface area contributed by atoms with Crippen LogP contribution >= 0.6 is 0 Å². The third-order valence-corrected chi connectivity index (χ3v) is 3.21. The second-order valence-corrected chi connectivity index (χ2v) is 4.99. The number of rotatable bonds is 6. The summed E-state index contributed by atoms with van der Waals surface area (Å²) in [5, 5.41) is 11.5. The van der Waals surface area contributed by atoms with Crippen LogP contribution in [0.1, 0.15) is 21.5 Å². The van der Waals surface area contributed by atoms with Crippen LogP contribution in [-0.4, -0.2) is 23.7 Å². The maximum absolute atomic E-state index is 11.6. The first-order chi connectivity index (χ1) is 11.6. The van der Waals surface area contributed by atoms with E-state index in [9.17, 15) is 9.59 Å². The van der Waals surface area contributed by atoms with Crippen LogP contribution in [0.5, 0.6) is 0 Å². The zero-order valence-electron chi connectivity index (χ0n) is 12.9. The van der Waals surface area contributed by atoms with Crippen LogP contribution in [0, 0.1) is 0 Å². The second-order valence-electron chi connectivity index (χ2n) is 4.99. The Balaban J connectivity index is 1.78. The van der Waals surface area contributed by atoms with Crippen molar-refractivity contribution >= 4 is 23.8 Å². The molecular formula is C18H18N2O4. The maximum Gasteiger partial charge on any atom is 0.407 e. The summed E-state index contributed by atoms with van der Waals surface area (Å²) in [5.41, 5.74) is 7.87. The molecule has 0 heterocycles. The van der Waals surface area contributed by atoms with E-state index in [1.807, 2.05) is 30.3 Å². The molecule has 124 valence electrons. The van der Waals surface area contributed by atoms with Crippen LogP contribution in [-0.2, 0) is 11.3 Å². The molecule has 0 saturated carbocycles. The minimum absolute atomic E-state index is 0.132. The largest absolute Gasteiger partial charge is 0.478 e. The van der Waals surface area contributed by atoms with Crippen molar-refractivity contribution in [1.29, 1.82) is 0 Å². The van der Waals surface area contributed by atoms with E-state index >= 15 is 0 Å². The molecule has 0 spiro atoms. The van der Waals surface area contributed by atoms with E-state index in [0.29, 0.717) is 11.3 Å². The van der Waals surface area contributed by atoms with Crippen LogP contribution in [0.15, 0.2) is 54.6 Å². The van der Waals surface area contributed by atoms with Gasteiger partial charge in [-0.05, 0) is 23.3 Å². The van der Waals surface area contributed by atoms with Crippen molar-refractivity contribution < 1.29 is 19.4 Å². The van der Waals surface area contributed by atoms with Gasteiger partial charge in [0.2, 0.25) is 0 Å². The second kappa shape index (κ2) is 8.38. The summed E-state index contributed by atoms with van der Waals surface area (Å²) in [5.74, 6) is -1.03. The molecule has 0 fully saturated rings. The smallest absolute Gasteiger partial charge is 0.407 e. The highest BCUT2D eigenvalue weighted by molar-refractivity contribution is 5.89. The van der Waals surface area contributed by atoms with Gasteiger partial charge in [-0.15, -0.1) is 0 Å². The number of carboxylic acids is 1. The number of nitrogens with one attached hydrogen (secondary N) is 1. The van der Waals surface area contributed by atoms with Crippen LogP contribution in [0.25, 0.3) is 6.08 Å². The molecule has 6 heteroatoms. The zero-order valence-corrected chi connectivity index (χ0v) is 12.9. The number of ether oxygens (including phenoxy) is 1. The molecule has 0 radical (unpaired) electrons. The van der Waals surface area contributed by atoms with Crippen LogP contribution in [0.3, 0.4) is 0 Å². The van der Waals surface area contributed by atoms with Crippen LogP contribution in [0.4, 0.5) is 10.5 Å². The van der Waals surface area contributed by atoms with Gasteiger partial charge in [-0.3, -0.25) is 0 Å². The highest BCUT2D eigenvalue weighted by Crippen LogP contribution is 2.15. The number of carboxylic acid groups (broad SMARTS) is 1. The highest BCUT2D eigenvalue weighted by atomic mass is 16.5. The SMILES string of the molecule is Nc1cc(C(=O)O)ccc1C=CCNC(=O)OCc1ccccc1. The molecule has 2 aromatic rings. The van der Waals surface area contributed by atoms with Crippen molar-refractivity contribution in [1.82, 2.24) is 5.32 Å². The summed E-state index contributed by atoms with van der Waals surface area (Å²) in [6.07, 6.45) is 2.90. The molecule has 0 bridgehead atoms. The van der Waals surface area contributed by atoms with Crippen molar-refractivity contribution in [2.75, 3.05) is 12.3 Å². The van der Waals surface area contributed by atoms with Gasteiger partial charge >= 0.3 is 12.1 Å². The molecule has 0 unspecified atom stereocenters. The van der Waals surface area contributed by atoms with Gasteiger partial charge in [0.15, 0.2) is 0 Å². The fourth-order valence-electron chi connectivity index (χ4n) is 1.96. The van der Waals surface area contributed by atoms with Gasteiger partial charge in [0.25, 0.3) is 0 Å². The van der Waals surface area contributed by atoms with Gasteiger partial charge in [0.05, 0.1) is 5.56 Å². The Labute approximate surface area is 139 Å². The average Bonchev–Trinajstić information content (AvgIpc) is 2.58. The fourth-order valence-corrected chi connectivity index (χ4v) is 1.96. The normalized spacial score (nSPS) is 10.5. The first-order valence-corrected chi connectivity index (χ1v) is 7.30. The molecule has 1 amide bonds. The summed E-state index contributed by atoms with van der Waals surface area (Å²) in [7, 11) is 0. The molecule has 4 N–H and O–H groups in total. The first kappa shape index (κ1) is 17.1. The van der Waals surface area contributed by atoms with Crippen molar-refractivity contribution in [2.45, 2.75) is 6.61 Å². The minimum atomic E-state index is -1.03. The van der Waals surface area contributed by atoms with E-state index in [1.165, 1.54) is 12.1 Å². The lowest BCUT2D eigenvalue weighted by atomic mass is 10.1. The molecular weight excluding hydrogens is 308 g/mol. The number of carbonyl (C=O) groups is 2. The molecule has 2 rings (SSSR count). The summed E-state index contributed by atoms with van der Waals surface area (Å²) in [6, 6.07) is 13.9. The predicted molar refractivity (Wildman–Crippen MR) is 91.5 cm³/mol. The number of carbonyl (C=O) groups excluding carboxylic acids is 1. The topological polar surface area (TPSA) is 102 Å². The lowest BCUT2D eigenvalue weighted by Crippen LogP contribution is -2.24. The maximum atomic E-state index is 11.6. The number of hydrogen-bond acceptors (Lipinski definition) is 4. The fraction of sp³-hybridized carbons (Fsp3) is 0.111. The van der Waals surface area contributed by atoms with Crippen molar-refractivity contribution in [3.8, 4) is 0 Å². The first-order valence-electron chi connectivity index (χ1n) is 7.30. The van der Waals surface area contributed by atoms with Gasteiger partial charge in [0, 0.05) is 12.2 Å². The summed E-state index contributed by atoms with van der Waals surface area (Å²) in [4.78, 5) is 22.4. The Hall–Kier alpha value is -3.28. The zero-order chi connectivity index (χ0) is 17.4. The molecule has 0 aromatic heterocycles. The molecule has 2 aromatic carbocycles. The van der Waals surface area contributed by atoms with Crippen molar-refractivity contribution in [3.63, 3.8) is 0 Å². The van der Waals surface area contributed by atoms with Crippen LogP contribution < -0.4 is 11.1 Å². The minimum Gasteiger partial charge on any atom is -0.478 e. The molecule has 0 aliphatic heterocycles. The molecule has 0 aliphatic rings. The molecule has 0 aliphatic carbocycles. The third kappa shape index (κ3) is 5.17. The number of nitrogens with two attached hydrogens (primary N) is 1. The van der Waals surface area contributed by atoms with Gasteiger partial charge in [-0.1, -0.05) is 48.6 Å². The Morgan fingerprint density at radius 3 is 2.58 bits per heavy atom. The monoisotopic (exact) mass is 326 g/mol. The summed E-state index contributed by atoms with van der Waals surface area (Å²) in [6.45, 7) is 0.480. The Morgan fingerprint density at radius 1 is 1.17 bits per heavy atom. The molecule has 0 atom stereocenters. The van der Waals surface area contributed by atoms with Crippen molar-refractivity contribution in [2.24, 2.45) is 0 Å². The van der Waals surface area contributed by atoms with E-state index in [4.69, 9.17) is 15.6 Å². The van der Waals surface area contributed by atoms with E-state index in [0.717, 1.165) is 5.56 Å². The van der Waals surface area contributed by atoms with E-state index in [2.05, 4.69) is 5.32 Å². The molecule has 24 heavy (non-hydrogen) atoms. The number of amides is 1. The molecule has 0 saturated heterocycles. The third-order valence-electron chi connectivity index (χ3n) is 3.21. The average molecular weight is 326 g/mol. The highest BCUT2D eigenvalue weighted by Gasteiger charge is 2.04.